The smallest absolute Gasteiger partial charge is 0.255 e. The van der Waals surface area contributed by atoms with Gasteiger partial charge in [-0.3, -0.25) is 14.9 Å². The highest BCUT2D eigenvalue weighted by Gasteiger charge is 2.13. The molecule has 0 atom stereocenters. The molecule has 7 nitrogen and oxygen atoms in total. The standard InChI is InChI=1S/C21H20N6O/c1-14-5-7-18(21(28)23-11-9-16-4-2-3-10-22-16)20(25-14)26-17-6-8-19-15(12-17)13-24-27-19/h2-8,10,12-13H,9,11H2,1H3,(H,23,28)(H,24,27)(H,25,26). The van der Waals surface area contributed by atoms with Crippen molar-refractivity contribution in [3.05, 3.63) is 77.9 Å². The van der Waals surface area contributed by atoms with Crippen molar-refractivity contribution < 1.29 is 4.79 Å². The van der Waals surface area contributed by atoms with E-state index in [9.17, 15) is 4.79 Å². The number of aryl methyl sites for hydroxylation is 1. The van der Waals surface area contributed by atoms with Crippen molar-refractivity contribution in [2.24, 2.45) is 0 Å². The maximum atomic E-state index is 12.7. The maximum Gasteiger partial charge on any atom is 0.255 e. The molecule has 3 heterocycles. The fraction of sp³-hybridized carbons (Fsp3) is 0.143. The number of carbonyl (C=O) groups excluding carboxylic acids is 1. The van der Waals surface area contributed by atoms with Crippen LogP contribution in [0.2, 0.25) is 0 Å². The maximum absolute atomic E-state index is 12.7. The van der Waals surface area contributed by atoms with Gasteiger partial charge in [-0.05, 0) is 49.4 Å². The predicted octanol–water partition coefficient (Wildman–Crippen LogP) is 3.38. The normalized spacial score (nSPS) is 10.8. The molecular formula is C21H20N6O. The first kappa shape index (κ1) is 17.7. The van der Waals surface area contributed by atoms with E-state index < -0.39 is 0 Å². The molecule has 0 radical (unpaired) electrons. The van der Waals surface area contributed by atoms with Crippen molar-refractivity contribution >= 4 is 28.3 Å². The zero-order chi connectivity index (χ0) is 19.3. The first-order valence-corrected chi connectivity index (χ1v) is 9.05. The van der Waals surface area contributed by atoms with Crippen LogP contribution >= 0.6 is 0 Å². The van der Waals surface area contributed by atoms with Gasteiger partial charge in [-0.15, -0.1) is 0 Å². The molecule has 0 aliphatic carbocycles. The van der Waals surface area contributed by atoms with Crippen LogP contribution in [0.25, 0.3) is 10.9 Å². The third-order valence-corrected chi connectivity index (χ3v) is 4.37. The van der Waals surface area contributed by atoms with Crippen LogP contribution in [-0.4, -0.2) is 32.6 Å². The Kier molecular flexibility index (Phi) is 4.97. The summed E-state index contributed by atoms with van der Waals surface area (Å²) in [6.07, 6.45) is 4.18. The highest BCUT2D eigenvalue weighted by Crippen LogP contribution is 2.22. The molecule has 0 unspecified atom stereocenters. The van der Waals surface area contributed by atoms with E-state index in [-0.39, 0.29) is 5.91 Å². The molecule has 1 amide bonds. The largest absolute Gasteiger partial charge is 0.352 e. The summed E-state index contributed by atoms with van der Waals surface area (Å²) in [5.74, 6) is 0.355. The number of H-pyrrole nitrogens is 1. The molecule has 0 aliphatic heterocycles. The lowest BCUT2D eigenvalue weighted by Gasteiger charge is -2.12. The summed E-state index contributed by atoms with van der Waals surface area (Å²) in [7, 11) is 0. The molecule has 0 aliphatic rings. The van der Waals surface area contributed by atoms with E-state index in [0.717, 1.165) is 28.0 Å². The minimum absolute atomic E-state index is 0.171. The number of aromatic amines is 1. The van der Waals surface area contributed by atoms with Gasteiger partial charge in [-0.2, -0.15) is 5.10 Å². The predicted molar refractivity (Wildman–Crippen MR) is 109 cm³/mol. The summed E-state index contributed by atoms with van der Waals surface area (Å²) in [6.45, 7) is 2.40. The minimum atomic E-state index is -0.171. The van der Waals surface area contributed by atoms with Crippen molar-refractivity contribution in [2.75, 3.05) is 11.9 Å². The van der Waals surface area contributed by atoms with Crippen LogP contribution in [0.3, 0.4) is 0 Å². The van der Waals surface area contributed by atoms with Crippen LogP contribution in [0.1, 0.15) is 21.7 Å². The van der Waals surface area contributed by atoms with E-state index in [2.05, 4.69) is 30.8 Å². The molecule has 4 rings (SSSR count). The van der Waals surface area contributed by atoms with Crippen LogP contribution in [0.4, 0.5) is 11.5 Å². The van der Waals surface area contributed by atoms with Gasteiger partial charge >= 0.3 is 0 Å². The highest BCUT2D eigenvalue weighted by molar-refractivity contribution is 5.99. The molecule has 1 aromatic carbocycles. The monoisotopic (exact) mass is 372 g/mol. The molecule has 7 heteroatoms. The first-order valence-electron chi connectivity index (χ1n) is 9.05. The molecule has 3 N–H and O–H groups in total. The number of nitrogens with one attached hydrogen (secondary N) is 3. The van der Waals surface area contributed by atoms with Gasteiger partial charge in [0.25, 0.3) is 5.91 Å². The van der Waals surface area contributed by atoms with Crippen LogP contribution in [0.15, 0.2) is 60.9 Å². The summed E-state index contributed by atoms with van der Waals surface area (Å²) in [4.78, 5) is 21.5. The number of benzene rings is 1. The van der Waals surface area contributed by atoms with Gasteiger partial charge in [-0.25, -0.2) is 4.98 Å². The van der Waals surface area contributed by atoms with Gasteiger partial charge < -0.3 is 10.6 Å². The summed E-state index contributed by atoms with van der Waals surface area (Å²) in [5, 5.41) is 14.1. The lowest BCUT2D eigenvalue weighted by Crippen LogP contribution is -2.27. The van der Waals surface area contributed by atoms with Gasteiger partial charge in [0.05, 0.1) is 17.3 Å². The van der Waals surface area contributed by atoms with Crippen LogP contribution in [0.5, 0.6) is 0 Å². The molecule has 3 aromatic heterocycles. The number of nitrogens with zero attached hydrogens (tertiary/aromatic N) is 3. The van der Waals surface area contributed by atoms with Gasteiger partial charge in [0.1, 0.15) is 5.82 Å². The number of anilines is 2. The average Bonchev–Trinajstić information content (AvgIpc) is 3.17. The Bertz CT molecular complexity index is 1110. The molecule has 0 saturated heterocycles. The van der Waals surface area contributed by atoms with Gasteiger partial charge in [0, 0.05) is 41.6 Å². The third-order valence-electron chi connectivity index (χ3n) is 4.37. The highest BCUT2D eigenvalue weighted by atomic mass is 16.1. The molecule has 0 fully saturated rings. The fourth-order valence-corrected chi connectivity index (χ4v) is 2.94. The summed E-state index contributed by atoms with van der Waals surface area (Å²) >= 11 is 0. The van der Waals surface area contributed by atoms with E-state index in [0.29, 0.717) is 24.3 Å². The molecule has 28 heavy (non-hydrogen) atoms. The van der Waals surface area contributed by atoms with E-state index in [4.69, 9.17) is 0 Å². The van der Waals surface area contributed by atoms with Crippen LogP contribution in [-0.2, 0) is 6.42 Å². The molecule has 0 saturated carbocycles. The summed E-state index contributed by atoms with van der Waals surface area (Å²) in [6, 6.07) is 15.2. The van der Waals surface area contributed by atoms with E-state index in [1.165, 1.54) is 0 Å². The second-order valence-electron chi connectivity index (χ2n) is 6.47. The van der Waals surface area contributed by atoms with E-state index in [1.54, 1.807) is 18.5 Å². The Morgan fingerprint density at radius 1 is 1.14 bits per heavy atom. The zero-order valence-corrected chi connectivity index (χ0v) is 15.4. The second-order valence-corrected chi connectivity index (χ2v) is 6.47. The van der Waals surface area contributed by atoms with E-state index in [1.807, 2.05) is 49.4 Å². The van der Waals surface area contributed by atoms with Crippen molar-refractivity contribution in [1.82, 2.24) is 25.5 Å². The minimum Gasteiger partial charge on any atom is -0.352 e. The zero-order valence-electron chi connectivity index (χ0n) is 15.4. The summed E-state index contributed by atoms with van der Waals surface area (Å²) in [5.41, 5.74) is 4.07. The Hall–Kier alpha value is -3.74. The molecular weight excluding hydrogens is 352 g/mol. The fourth-order valence-electron chi connectivity index (χ4n) is 2.94. The number of pyridine rings is 2. The Balaban J connectivity index is 1.49. The lowest BCUT2D eigenvalue weighted by molar-refractivity contribution is 0.0954. The quantitative estimate of drug-likeness (QED) is 0.482. The molecule has 140 valence electrons. The number of aromatic nitrogens is 4. The summed E-state index contributed by atoms with van der Waals surface area (Å²) < 4.78 is 0. The topological polar surface area (TPSA) is 95.6 Å². The number of carbonyl (C=O) groups is 1. The number of amides is 1. The Morgan fingerprint density at radius 3 is 2.93 bits per heavy atom. The first-order chi connectivity index (χ1) is 13.7. The molecule has 0 bridgehead atoms. The number of hydrogen-bond acceptors (Lipinski definition) is 5. The number of fused-ring (bicyclic) bond motifs is 1. The van der Waals surface area contributed by atoms with Crippen LogP contribution in [0, 0.1) is 6.92 Å². The molecule has 0 spiro atoms. The molecule has 4 aromatic rings. The van der Waals surface area contributed by atoms with Gasteiger partial charge in [-0.1, -0.05) is 6.07 Å². The van der Waals surface area contributed by atoms with E-state index >= 15 is 0 Å². The number of rotatable bonds is 6. The number of hydrogen-bond donors (Lipinski definition) is 3. The second kappa shape index (κ2) is 7.87. The van der Waals surface area contributed by atoms with Crippen molar-refractivity contribution in [3.8, 4) is 0 Å². The van der Waals surface area contributed by atoms with Gasteiger partial charge in [0.2, 0.25) is 0 Å². The SMILES string of the molecule is Cc1ccc(C(=O)NCCc2ccccn2)c(Nc2ccc3[nH]ncc3c2)n1. The van der Waals surface area contributed by atoms with Crippen molar-refractivity contribution in [1.29, 1.82) is 0 Å². The van der Waals surface area contributed by atoms with Gasteiger partial charge in [0.15, 0.2) is 0 Å². The Morgan fingerprint density at radius 2 is 2.07 bits per heavy atom. The third kappa shape index (κ3) is 3.98. The van der Waals surface area contributed by atoms with Crippen molar-refractivity contribution in [3.63, 3.8) is 0 Å². The average molecular weight is 372 g/mol. The van der Waals surface area contributed by atoms with Crippen molar-refractivity contribution in [2.45, 2.75) is 13.3 Å². The lowest BCUT2D eigenvalue weighted by atomic mass is 10.2. The van der Waals surface area contributed by atoms with Crippen LogP contribution < -0.4 is 10.6 Å². The Labute approximate surface area is 162 Å².